The van der Waals surface area contributed by atoms with Crippen molar-refractivity contribution in [2.75, 3.05) is 30.0 Å². The summed E-state index contributed by atoms with van der Waals surface area (Å²) in [5.41, 5.74) is 6.55. The predicted octanol–water partition coefficient (Wildman–Crippen LogP) is 5.33. The highest BCUT2D eigenvalue weighted by atomic mass is 35.5. The van der Waals surface area contributed by atoms with Crippen LogP contribution >= 0.6 is 23.4 Å². The number of rotatable bonds is 10. The van der Waals surface area contributed by atoms with Gasteiger partial charge in [-0.3, -0.25) is 0 Å². The molecule has 0 aromatic carbocycles. The van der Waals surface area contributed by atoms with Crippen LogP contribution in [0.5, 0.6) is 0 Å². The molecule has 1 aliphatic heterocycles. The van der Waals surface area contributed by atoms with Crippen molar-refractivity contribution >= 4 is 43.2 Å². The van der Waals surface area contributed by atoms with Gasteiger partial charge in [0.05, 0.1) is 25.4 Å². The largest absolute Gasteiger partial charge is 0.414 e. The molecule has 0 unspecified atom stereocenters. The summed E-state index contributed by atoms with van der Waals surface area (Å²) in [5, 5.41) is 4.49. The van der Waals surface area contributed by atoms with E-state index in [0.717, 1.165) is 12.2 Å². The van der Waals surface area contributed by atoms with Crippen LogP contribution in [0.25, 0.3) is 0 Å². The first kappa shape index (κ1) is 28.0. The van der Waals surface area contributed by atoms with Gasteiger partial charge in [0.2, 0.25) is 0 Å². The van der Waals surface area contributed by atoms with Gasteiger partial charge >= 0.3 is 0 Å². The number of nitrogens with zero attached hydrogens (tertiary/aromatic N) is 2. The molecule has 1 saturated carbocycles. The molecule has 0 amide bonds. The molecule has 1 aliphatic carbocycles. The molecule has 0 radical (unpaired) electrons. The van der Waals surface area contributed by atoms with Gasteiger partial charge in [0.25, 0.3) is 0 Å². The summed E-state index contributed by atoms with van der Waals surface area (Å²) in [4.78, 5) is 8.91. The van der Waals surface area contributed by atoms with Crippen LogP contribution in [-0.2, 0) is 18.6 Å². The molecule has 1 saturated heterocycles. The molecule has 1 aromatic heterocycles. The van der Waals surface area contributed by atoms with Crippen LogP contribution in [0.3, 0.4) is 0 Å². The van der Waals surface area contributed by atoms with Gasteiger partial charge in [-0.15, -0.1) is 0 Å². The van der Waals surface area contributed by atoms with E-state index in [-0.39, 0.29) is 34.5 Å². The average Bonchev–Trinajstić information content (AvgIpc) is 3.20. The first-order chi connectivity index (χ1) is 15.7. The summed E-state index contributed by atoms with van der Waals surface area (Å²) in [7, 11) is -1.81. The third kappa shape index (κ3) is 6.57. The Labute approximate surface area is 214 Å². The van der Waals surface area contributed by atoms with Crippen LogP contribution < -0.4 is 11.1 Å². The van der Waals surface area contributed by atoms with Crippen molar-refractivity contribution in [3.63, 3.8) is 0 Å². The van der Waals surface area contributed by atoms with Gasteiger partial charge in [-0.2, -0.15) is 0 Å². The van der Waals surface area contributed by atoms with Crippen LogP contribution in [0.4, 0.5) is 11.5 Å². The summed E-state index contributed by atoms with van der Waals surface area (Å²) in [6, 6.07) is -0.0876. The van der Waals surface area contributed by atoms with E-state index in [2.05, 4.69) is 56.1 Å². The van der Waals surface area contributed by atoms with Gasteiger partial charge in [0.1, 0.15) is 17.9 Å². The smallest absolute Gasteiger partial charge is 0.192 e. The lowest BCUT2D eigenvalue weighted by molar-refractivity contribution is -0.167. The Morgan fingerprint density at radius 1 is 1.21 bits per heavy atom. The number of thioether (sulfide) groups is 1. The molecule has 11 heteroatoms. The van der Waals surface area contributed by atoms with Crippen molar-refractivity contribution in [3.8, 4) is 0 Å². The molecule has 0 bridgehead atoms. The summed E-state index contributed by atoms with van der Waals surface area (Å²) in [5.74, 6) is 0.746. The maximum absolute atomic E-state index is 6.30. The van der Waals surface area contributed by atoms with Gasteiger partial charge < -0.3 is 29.7 Å². The molecule has 194 valence electrons. The number of hydrogen-bond acceptors (Lipinski definition) is 9. The van der Waals surface area contributed by atoms with Crippen molar-refractivity contribution in [2.45, 2.75) is 108 Å². The topological polar surface area (TPSA) is 101 Å². The van der Waals surface area contributed by atoms with Crippen molar-refractivity contribution in [1.82, 2.24) is 9.97 Å². The van der Waals surface area contributed by atoms with E-state index in [1.54, 1.807) is 11.8 Å². The number of nitrogen functional groups attached to an aromatic ring is 1. The van der Waals surface area contributed by atoms with E-state index in [1.165, 1.54) is 0 Å². The van der Waals surface area contributed by atoms with E-state index in [9.17, 15) is 0 Å². The molecular formula is C23H41ClN4O4SSi. The summed E-state index contributed by atoms with van der Waals surface area (Å²) in [6.07, 6.45) is 1.21. The quantitative estimate of drug-likeness (QED) is 0.136. The Morgan fingerprint density at radius 2 is 1.88 bits per heavy atom. The van der Waals surface area contributed by atoms with Gasteiger partial charge in [0, 0.05) is 5.75 Å². The van der Waals surface area contributed by atoms with Crippen LogP contribution in [0, 0.1) is 0 Å². The number of anilines is 2. The fraction of sp³-hybridized carbons (Fsp3) is 0.826. The minimum Gasteiger partial charge on any atom is -0.414 e. The molecule has 34 heavy (non-hydrogen) atoms. The molecule has 8 nitrogen and oxygen atoms in total. The SMILES string of the molecule is CCCSc1nc(Cl)c(N)c(N[C@@H]2C[C@H](OCCO[Si](C)(C)C(C)(C)C)[C@H]3OC(C)(C)O[C@H]32)n1. The zero-order valence-electron chi connectivity index (χ0n) is 21.7. The Hall–Kier alpha value is -0.623. The van der Waals surface area contributed by atoms with E-state index in [0.29, 0.717) is 36.3 Å². The van der Waals surface area contributed by atoms with Gasteiger partial charge in [-0.25, -0.2) is 9.97 Å². The Morgan fingerprint density at radius 3 is 2.53 bits per heavy atom. The molecule has 2 heterocycles. The normalized spacial score (nSPS) is 26.6. The minimum atomic E-state index is -1.81. The fourth-order valence-electron chi connectivity index (χ4n) is 3.92. The standard InChI is InChI=1S/C23H41ClN4O4SSi/c1-9-12-33-21-27-19(24)16(25)20(28-21)26-14-13-15(18-17(14)31-23(5,6)32-18)29-10-11-30-34(7,8)22(2,3)4/h14-15,17-18H,9-13,25H2,1-8H3,(H,26,27,28)/t14-,15+,17+,18-/m1/s1. The molecule has 1 aromatic rings. The van der Waals surface area contributed by atoms with Crippen LogP contribution in [0.2, 0.25) is 23.3 Å². The molecule has 2 fully saturated rings. The second kappa shape index (κ2) is 10.8. The highest BCUT2D eigenvalue weighted by Gasteiger charge is 2.55. The Balaban J connectivity index is 1.67. The van der Waals surface area contributed by atoms with E-state index < -0.39 is 14.1 Å². The third-order valence-corrected chi connectivity index (χ3v) is 12.6. The lowest BCUT2D eigenvalue weighted by Crippen LogP contribution is -2.42. The monoisotopic (exact) mass is 532 g/mol. The number of nitrogens with two attached hydrogens (primary N) is 1. The number of nitrogens with one attached hydrogen (secondary N) is 1. The fourth-order valence-corrected chi connectivity index (χ4v) is 5.86. The second-order valence-electron chi connectivity index (χ2n) is 11.0. The lowest BCUT2D eigenvalue weighted by Gasteiger charge is -2.36. The number of aromatic nitrogens is 2. The number of halogens is 1. The van der Waals surface area contributed by atoms with Crippen molar-refractivity contribution in [1.29, 1.82) is 0 Å². The van der Waals surface area contributed by atoms with E-state index in [1.807, 2.05) is 13.8 Å². The van der Waals surface area contributed by atoms with Crippen LogP contribution in [0.1, 0.15) is 54.4 Å². The van der Waals surface area contributed by atoms with E-state index in [4.69, 9.17) is 36.0 Å². The lowest BCUT2D eigenvalue weighted by atomic mass is 10.2. The maximum Gasteiger partial charge on any atom is 0.192 e. The van der Waals surface area contributed by atoms with Crippen molar-refractivity contribution < 1.29 is 18.6 Å². The molecular weight excluding hydrogens is 492 g/mol. The van der Waals surface area contributed by atoms with Gasteiger partial charge in [-0.1, -0.05) is 51.1 Å². The van der Waals surface area contributed by atoms with E-state index >= 15 is 0 Å². The first-order valence-electron chi connectivity index (χ1n) is 12.1. The zero-order chi connectivity index (χ0) is 25.3. The molecule has 4 atom stereocenters. The zero-order valence-corrected chi connectivity index (χ0v) is 24.3. The minimum absolute atomic E-state index is 0.0876. The summed E-state index contributed by atoms with van der Waals surface area (Å²) in [6.45, 7) is 18.3. The Bertz CT molecular complexity index is 855. The number of fused-ring (bicyclic) bond motifs is 1. The third-order valence-electron chi connectivity index (χ3n) is 6.73. The summed E-state index contributed by atoms with van der Waals surface area (Å²) >= 11 is 7.86. The molecule has 3 rings (SSSR count). The van der Waals surface area contributed by atoms with Crippen LogP contribution in [-0.4, -0.2) is 67.4 Å². The average molecular weight is 533 g/mol. The van der Waals surface area contributed by atoms with Crippen molar-refractivity contribution in [2.24, 2.45) is 0 Å². The number of ether oxygens (including phenoxy) is 3. The predicted molar refractivity (Wildman–Crippen MR) is 141 cm³/mol. The number of hydrogen-bond donors (Lipinski definition) is 2. The van der Waals surface area contributed by atoms with Crippen LogP contribution in [0.15, 0.2) is 5.16 Å². The molecule has 2 aliphatic rings. The van der Waals surface area contributed by atoms with Gasteiger partial charge in [0.15, 0.2) is 30.2 Å². The Kier molecular flexibility index (Phi) is 8.86. The molecule has 3 N–H and O–H groups in total. The first-order valence-corrected chi connectivity index (χ1v) is 16.3. The van der Waals surface area contributed by atoms with Gasteiger partial charge in [-0.05, 0) is 44.8 Å². The molecule has 0 spiro atoms. The highest BCUT2D eigenvalue weighted by Crippen LogP contribution is 2.42. The maximum atomic E-state index is 6.30. The highest BCUT2D eigenvalue weighted by molar-refractivity contribution is 7.99. The van der Waals surface area contributed by atoms with Crippen molar-refractivity contribution in [3.05, 3.63) is 5.15 Å². The second-order valence-corrected chi connectivity index (χ2v) is 17.2. The summed E-state index contributed by atoms with van der Waals surface area (Å²) < 4.78 is 25.0.